The molecule has 0 aliphatic carbocycles. The number of rotatable bonds is 1. The van der Waals surface area contributed by atoms with Gasteiger partial charge in [-0.25, -0.2) is 0 Å². The Morgan fingerprint density at radius 3 is 2.57 bits per heavy atom. The van der Waals surface area contributed by atoms with Crippen molar-refractivity contribution in [2.45, 2.75) is 24.5 Å². The normalized spacial score (nSPS) is 23.1. The third-order valence-corrected chi connectivity index (χ3v) is 4.67. The summed E-state index contributed by atoms with van der Waals surface area (Å²) in [7, 11) is 0. The average Bonchev–Trinajstić information content (AvgIpc) is 2.83. The van der Waals surface area contributed by atoms with Crippen LogP contribution in [0, 0.1) is 0 Å². The Kier molecular flexibility index (Phi) is 2.98. The van der Waals surface area contributed by atoms with E-state index in [-0.39, 0.29) is 11.7 Å². The topological polar surface area (TPSA) is 41.5 Å². The lowest BCUT2D eigenvalue weighted by atomic mass is 9.83. The van der Waals surface area contributed by atoms with Crippen LogP contribution in [0.1, 0.15) is 35.6 Å². The Morgan fingerprint density at radius 1 is 1.05 bits per heavy atom. The second-order valence-electron chi connectivity index (χ2n) is 5.92. The molecule has 0 amide bonds. The minimum Gasteiger partial charge on any atom is -0.508 e. The van der Waals surface area contributed by atoms with Crippen LogP contribution in [0.4, 0.5) is 0 Å². The van der Waals surface area contributed by atoms with Crippen molar-refractivity contribution in [1.29, 1.82) is 0 Å². The van der Waals surface area contributed by atoms with Gasteiger partial charge in [0.2, 0.25) is 0 Å². The zero-order valence-corrected chi connectivity index (χ0v) is 11.9. The number of phenols is 1. The van der Waals surface area contributed by atoms with Gasteiger partial charge in [-0.3, -0.25) is 0 Å². The molecule has 0 aromatic heterocycles. The van der Waals surface area contributed by atoms with Gasteiger partial charge < -0.3 is 15.2 Å². The lowest BCUT2D eigenvalue weighted by Gasteiger charge is -2.34. The van der Waals surface area contributed by atoms with E-state index >= 15 is 0 Å². The maximum atomic E-state index is 9.88. The first kappa shape index (κ1) is 12.9. The fraction of sp³-hybridized carbons (Fsp3) is 0.333. The smallest absolute Gasteiger partial charge is 0.115 e. The summed E-state index contributed by atoms with van der Waals surface area (Å²) < 4.78 is 6.55. The average molecular weight is 281 g/mol. The molecule has 1 spiro atoms. The van der Waals surface area contributed by atoms with Crippen LogP contribution >= 0.6 is 0 Å². The van der Waals surface area contributed by atoms with Crippen molar-refractivity contribution >= 4 is 0 Å². The van der Waals surface area contributed by atoms with E-state index in [0.29, 0.717) is 5.75 Å². The summed E-state index contributed by atoms with van der Waals surface area (Å²) in [5.74, 6) is 0.310. The van der Waals surface area contributed by atoms with E-state index in [1.165, 1.54) is 5.56 Å². The van der Waals surface area contributed by atoms with Gasteiger partial charge in [0.05, 0.1) is 5.60 Å². The highest BCUT2D eigenvalue weighted by Crippen LogP contribution is 2.51. The molecule has 0 radical (unpaired) electrons. The van der Waals surface area contributed by atoms with Crippen LogP contribution in [-0.4, -0.2) is 18.2 Å². The minimum absolute atomic E-state index is 0.0774. The summed E-state index contributed by atoms with van der Waals surface area (Å²) in [6.07, 6.45) is 1.88. The van der Waals surface area contributed by atoms with Gasteiger partial charge in [-0.15, -0.1) is 0 Å². The van der Waals surface area contributed by atoms with Crippen molar-refractivity contribution in [3.05, 3.63) is 65.2 Å². The molecule has 2 N–H and O–H groups in total. The number of piperidine rings is 1. The first-order valence-electron chi connectivity index (χ1n) is 7.55. The number of fused-ring (bicyclic) bond motifs is 2. The van der Waals surface area contributed by atoms with Crippen molar-refractivity contribution in [1.82, 2.24) is 5.32 Å². The first-order valence-corrected chi connectivity index (χ1v) is 7.55. The Hall–Kier alpha value is -1.84. The van der Waals surface area contributed by atoms with Gasteiger partial charge in [-0.1, -0.05) is 36.4 Å². The van der Waals surface area contributed by atoms with Crippen LogP contribution in [-0.2, 0) is 10.3 Å². The number of benzene rings is 2. The summed E-state index contributed by atoms with van der Waals surface area (Å²) in [4.78, 5) is 0. The summed E-state index contributed by atoms with van der Waals surface area (Å²) in [6.45, 7) is 1.95. The fourth-order valence-corrected chi connectivity index (χ4v) is 3.63. The summed E-state index contributed by atoms with van der Waals surface area (Å²) >= 11 is 0. The van der Waals surface area contributed by atoms with Gasteiger partial charge in [0.15, 0.2) is 0 Å². The number of hydrogen-bond acceptors (Lipinski definition) is 3. The number of hydrogen-bond donors (Lipinski definition) is 2. The molecule has 0 bridgehead atoms. The Morgan fingerprint density at radius 2 is 1.81 bits per heavy atom. The van der Waals surface area contributed by atoms with Gasteiger partial charge in [-0.2, -0.15) is 0 Å². The second kappa shape index (κ2) is 4.86. The maximum Gasteiger partial charge on any atom is 0.115 e. The zero-order valence-electron chi connectivity index (χ0n) is 11.9. The van der Waals surface area contributed by atoms with Crippen LogP contribution in [0.3, 0.4) is 0 Å². The first-order chi connectivity index (χ1) is 10.3. The Balaban J connectivity index is 1.83. The van der Waals surface area contributed by atoms with E-state index in [1.807, 2.05) is 30.3 Å². The molecule has 3 heteroatoms. The third-order valence-electron chi connectivity index (χ3n) is 4.67. The van der Waals surface area contributed by atoms with E-state index in [0.717, 1.165) is 37.1 Å². The molecular weight excluding hydrogens is 262 g/mol. The molecular formula is C18H19NO2. The predicted molar refractivity (Wildman–Crippen MR) is 81.3 cm³/mol. The van der Waals surface area contributed by atoms with Crippen molar-refractivity contribution in [3.63, 3.8) is 0 Å². The monoisotopic (exact) mass is 281 g/mol. The summed E-state index contributed by atoms with van der Waals surface area (Å²) in [5, 5.41) is 13.3. The SMILES string of the molecule is Oc1ccc2c(c1)[C@H](c1ccccc1)OC21CCNCC1. The maximum absolute atomic E-state index is 9.88. The molecule has 0 saturated carbocycles. The standard InChI is InChI=1S/C18H19NO2/c20-14-6-7-16-15(12-14)17(13-4-2-1-3-5-13)21-18(16)8-10-19-11-9-18/h1-7,12,17,19-20H,8-11H2/t17-/m0/s1. The van der Waals surface area contributed by atoms with E-state index < -0.39 is 0 Å². The van der Waals surface area contributed by atoms with Crippen LogP contribution in [0.25, 0.3) is 0 Å². The highest BCUT2D eigenvalue weighted by atomic mass is 16.5. The summed E-state index contributed by atoms with van der Waals surface area (Å²) in [5.41, 5.74) is 3.31. The molecule has 3 nitrogen and oxygen atoms in total. The molecule has 2 aliphatic heterocycles. The molecule has 2 aromatic carbocycles. The minimum atomic E-state index is -0.200. The zero-order chi connectivity index (χ0) is 14.3. The molecule has 1 saturated heterocycles. The van der Waals surface area contributed by atoms with Crippen LogP contribution < -0.4 is 5.32 Å². The number of ether oxygens (including phenoxy) is 1. The van der Waals surface area contributed by atoms with Gasteiger partial charge in [0, 0.05) is 0 Å². The number of phenolic OH excluding ortho intramolecular Hbond substituents is 1. The predicted octanol–water partition coefficient (Wildman–Crippen LogP) is 3.09. The van der Waals surface area contributed by atoms with Gasteiger partial charge >= 0.3 is 0 Å². The number of nitrogens with one attached hydrogen (secondary N) is 1. The van der Waals surface area contributed by atoms with Gasteiger partial charge in [0.25, 0.3) is 0 Å². The lowest BCUT2D eigenvalue weighted by Crippen LogP contribution is -2.39. The highest BCUT2D eigenvalue weighted by Gasteiger charge is 2.45. The van der Waals surface area contributed by atoms with Gasteiger partial charge in [-0.05, 0) is 54.8 Å². The van der Waals surface area contributed by atoms with Gasteiger partial charge in [0.1, 0.15) is 11.9 Å². The van der Waals surface area contributed by atoms with E-state index in [1.54, 1.807) is 6.07 Å². The fourth-order valence-electron chi connectivity index (χ4n) is 3.63. The van der Waals surface area contributed by atoms with Crippen molar-refractivity contribution in [2.24, 2.45) is 0 Å². The number of aromatic hydroxyl groups is 1. The van der Waals surface area contributed by atoms with E-state index in [9.17, 15) is 5.11 Å². The molecule has 1 fully saturated rings. The summed E-state index contributed by atoms with van der Waals surface area (Å²) in [6, 6.07) is 16.0. The second-order valence-corrected chi connectivity index (χ2v) is 5.92. The van der Waals surface area contributed by atoms with E-state index in [4.69, 9.17) is 4.74 Å². The molecule has 2 aromatic rings. The largest absolute Gasteiger partial charge is 0.508 e. The highest BCUT2D eigenvalue weighted by molar-refractivity contribution is 5.47. The van der Waals surface area contributed by atoms with Crippen LogP contribution in [0.5, 0.6) is 5.75 Å². The molecule has 2 heterocycles. The Bertz CT molecular complexity index is 648. The quantitative estimate of drug-likeness (QED) is 0.844. The van der Waals surface area contributed by atoms with Crippen molar-refractivity contribution in [2.75, 3.05) is 13.1 Å². The van der Waals surface area contributed by atoms with Crippen LogP contribution in [0.15, 0.2) is 48.5 Å². The molecule has 1 atom stereocenters. The molecule has 4 rings (SSSR count). The van der Waals surface area contributed by atoms with Crippen molar-refractivity contribution in [3.8, 4) is 5.75 Å². The molecule has 0 unspecified atom stereocenters. The lowest BCUT2D eigenvalue weighted by molar-refractivity contribution is -0.0798. The molecule has 108 valence electrons. The van der Waals surface area contributed by atoms with E-state index in [2.05, 4.69) is 17.4 Å². The molecule has 21 heavy (non-hydrogen) atoms. The molecule has 2 aliphatic rings. The van der Waals surface area contributed by atoms with Crippen LogP contribution in [0.2, 0.25) is 0 Å². The Labute approximate surface area is 124 Å². The van der Waals surface area contributed by atoms with Crippen molar-refractivity contribution < 1.29 is 9.84 Å². The third kappa shape index (κ3) is 2.04.